The molecule has 0 bridgehead atoms. The molecule has 3 rings (SSSR count). The largest absolute Gasteiger partial charge is 0.479 e. The van der Waals surface area contributed by atoms with Gasteiger partial charge in [-0.15, -0.1) is 6.42 Å². The second-order valence-electron chi connectivity index (χ2n) is 5.22. The normalized spacial score (nSPS) is 16.5. The fraction of sp³-hybridized carbons (Fsp3) is 0.333. The summed E-state index contributed by atoms with van der Waals surface area (Å²) in [5, 5.41) is -0.0487. The summed E-state index contributed by atoms with van der Waals surface area (Å²) in [5.41, 5.74) is -1.91. The number of hydrogen-bond acceptors (Lipinski definition) is 3. The van der Waals surface area contributed by atoms with E-state index in [1.807, 2.05) is 0 Å². The zero-order chi connectivity index (χ0) is 17.4. The lowest BCUT2D eigenvalue weighted by molar-refractivity contribution is 0.193. The zero-order valence-corrected chi connectivity index (χ0v) is 13.1. The van der Waals surface area contributed by atoms with Crippen molar-refractivity contribution in [3.05, 3.63) is 43.9 Å². The molecule has 1 aliphatic rings. The standard InChI is InChI=1S/C15H12ClF2N3O3/c1-2-5-24-13-7-12(11(18)6-10(13)16)21-14(22)19-4-3-9(17)8-20(19)15(21)23/h1,6-7,9H,3-5,8H2. The van der Waals surface area contributed by atoms with Gasteiger partial charge in [0.2, 0.25) is 0 Å². The molecule has 2 aromatic rings. The maximum absolute atomic E-state index is 14.3. The topological polar surface area (TPSA) is 58.2 Å². The van der Waals surface area contributed by atoms with Crippen LogP contribution in [0.4, 0.5) is 8.78 Å². The quantitative estimate of drug-likeness (QED) is 0.781. The fourth-order valence-corrected chi connectivity index (χ4v) is 2.78. The van der Waals surface area contributed by atoms with Gasteiger partial charge in [-0.2, -0.15) is 0 Å². The van der Waals surface area contributed by atoms with Crippen molar-refractivity contribution in [3.63, 3.8) is 0 Å². The molecule has 126 valence electrons. The van der Waals surface area contributed by atoms with E-state index in [0.29, 0.717) is 4.57 Å². The van der Waals surface area contributed by atoms with Crippen molar-refractivity contribution in [2.45, 2.75) is 25.7 Å². The van der Waals surface area contributed by atoms with Crippen LogP contribution in [0.5, 0.6) is 5.75 Å². The maximum Gasteiger partial charge on any atom is 0.352 e. The molecule has 9 heteroatoms. The number of hydrogen-bond donors (Lipinski definition) is 0. The number of fused-ring (bicyclic) bond motifs is 1. The molecule has 0 fully saturated rings. The maximum atomic E-state index is 14.3. The van der Waals surface area contributed by atoms with Crippen molar-refractivity contribution >= 4 is 11.6 Å². The number of aromatic nitrogens is 3. The Morgan fingerprint density at radius 3 is 2.75 bits per heavy atom. The molecule has 2 heterocycles. The van der Waals surface area contributed by atoms with Gasteiger partial charge in [-0.05, 0) is 6.07 Å². The molecular weight excluding hydrogens is 344 g/mol. The smallest absolute Gasteiger partial charge is 0.352 e. The summed E-state index contributed by atoms with van der Waals surface area (Å²) in [6.07, 6.45) is 3.97. The fourth-order valence-electron chi connectivity index (χ4n) is 2.58. The second kappa shape index (κ2) is 6.17. The molecule has 0 aliphatic carbocycles. The number of nitrogens with zero attached hydrogens (tertiary/aromatic N) is 3. The van der Waals surface area contributed by atoms with E-state index in [1.165, 1.54) is 0 Å². The van der Waals surface area contributed by atoms with Gasteiger partial charge in [0.05, 0.1) is 17.3 Å². The molecule has 1 unspecified atom stereocenters. The van der Waals surface area contributed by atoms with Crippen LogP contribution < -0.4 is 16.1 Å². The molecule has 0 spiro atoms. The van der Waals surface area contributed by atoms with Crippen molar-refractivity contribution in [1.29, 1.82) is 0 Å². The highest BCUT2D eigenvalue weighted by Gasteiger charge is 2.26. The summed E-state index contributed by atoms with van der Waals surface area (Å²) in [7, 11) is 0. The number of rotatable bonds is 3. The molecule has 0 N–H and O–H groups in total. The molecule has 0 amide bonds. The molecule has 6 nitrogen and oxygen atoms in total. The van der Waals surface area contributed by atoms with Crippen LogP contribution in [0.2, 0.25) is 5.02 Å². The number of terminal acetylenes is 1. The van der Waals surface area contributed by atoms with Crippen LogP contribution in [-0.2, 0) is 13.1 Å². The van der Waals surface area contributed by atoms with Crippen molar-refractivity contribution in [3.8, 4) is 23.8 Å². The molecule has 24 heavy (non-hydrogen) atoms. The van der Waals surface area contributed by atoms with E-state index in [2.05, 4.69) is 5.92 Å². The minimum Gasteiger partial charge on any atom is -0.479 e. The van der Waals surface area contributed by atoms with E-state index >= 15 is 0 Å². The van der Waals surface area contributed by atoms with Crippen molar-refractivity contribution < 1.29 is 13.5 Å². The van der Waals surface area contributed by atoms with E-state index in [-0.39, 0.29) is 42.6 Å². The summed E-state index contributed by atoms with van der Waals surface area (Å²) in [5.74, 6) is 1.38. The average molecular weight is 356 g/mol. The first-order valence-electron chi connectivity index (χ1n) is 7.06. The summed E-state index contributed by atoms with van der Waals surface area (Å²) in [6, 6.07) is 2.05. The SMILES string of the molecule is C#CCOc1cc(-n2c(=O)n3n(c2=O)CC(F)CC3)c(F)cc1Cl. The van der Waals surface area contributed by atoms with Crippen LogP contribution in [0.15, 0.2) is 21.7 Å². The van der Waals surface area contributed by atoms with Gasteiger partial charge in [-0.1, -0.05) is 17.5 Å². The monoisotopic (exact) mass is 355 g/mol. The Kier molecular flexibility index (Phi) is 4.20. The third-order valence-electron chi connectivity index (χ3n) is 3.69. The number of ether oxygens (including phenoxy) is 1. The highest BCUT2D eigenvalue weighted by molar-refractivity contribution is 6.32. The lowest BCUT2D eigenvalue weighted by Gasteiger charge is -2.17. The van der Waals surface area contributed by atoms with E-state index in [9.17, 15) is 18.4 Å². The van der Waals surface area contributed by atoms with Crippen LogP contribution in [0, 0.1) is 18.2 Å². The van der Waals surface area contributed by atoms with Crippen molar-refractivity contribution in [2.75, 3.05) is 6.61 Å². The minimum absolute atomic E-state index is 0.0369. The van der Waals surface area contributed by atoms with E-state index in [0.717, 1.165) is 21.5 Å². The number of benzene rings is 1. The third-order valence-corrected chi connectivity index (χ3v) is 3.99. The number of halogens is 3. The summed E-state index contributed by atoms with van der Waals surface area (Å²) in [4.78, 5) is 24.8. The van der Waals surface area contributed by atoms with Gasteiger partial charge in [0.1, 0.15) is 24.3 Å². The van der Waals surface area contributed by atoms with Crippen LogP contribution in [0.1, 0.15) is 6.42 Å². The highest BCUT2D eigenvalue weighted by Crippen LogP contribution is 2.29. The minimum atomic E-state index is -1.23. The van der Waals surface area contributed by atoms with Crippen molar-refractivity contribution in [2.24, 2.45) is 0 Å². The predicted octanol–water partition coefficient (Wildman–Crippen LogP) is 1.35. The first-order valence-corrected chi connectivity index (χ1v) is 7.44. The van der Waals surface area contributed by atoms with Gasteiger partial charge >= 0.3 is 11.4 Å². The number of alkyl halides is 1. The van der Waals surface area contributed by atoms with Gasteiger partial charge in [-0.25, -0.2) is 32.3 Å². The summed E-state index contributed by atoms with van der Waals surface area (Å²) < 4.78 is 35.6. The first-order chi connectivity index (χ1) is 11.4. The van der Waals surface area contributed by atoms with Crippen LogP contribution >= 0.6 is 11.6 Å². The third kappa shape index (κ3) is 2.61. The van der Waals surface area contributed by atoms with Crippen molar-refractivity contribution in [1.82, 2.24) is 13.9 Å². The van der Waals surface area contributed by atoms with Gasteiger partial charge in [0.15, 0.2) is 0 Å². The van der Waals surface area contributed by atoms with Crippen LogP contribution in [-0.4, -0.2) is 26.7 Å². The Morgan fingerprint density at radius 1 is 1.33 bits per heavy atom. The Bertz CT molecular complexity index is 955. The highest BCUT2D eigenvalue weighted by atomic mass is 35.5. The van der Waals surface area contributed by atoms with E-state index in [4.69, 9.17) is 22.8 Å². The molecule has 1 aliphatic heterocycles. The van der Waals surface area contributed by atoms with E-state index < -0.39 is 23.4 Å². The lowest BCUT2D eigenvalue weighted by atomic mass is 10.2. The zero-order valence-electron chi connectivity index (χ0n) is 12.3. The summed E-state index contributed by atoms with van der Waals surface area (Å²) in [6.45, 7) is -0.330. The average Bonchev–Trinajstić information content (AvgIpc) is 2.78. The first kappa shape index (κ1) is 16.3. The summed E-state index contributed by atoms with van der Waals surface area (Å²) >= 11 is 5.87. The Morgan fingerprint density at radius 2 is 2.04 bits per heavy atom. The van der Waals surface area contributed by atoms with Gasteiger partial charge in [0, 0.05) is 19.0 Å². The predicted molar refractivity (Wildman–Crippen MR) is 83.1 cm³/mol. The molecule has 1 aromatic carbocycles. The van der Waals surface area contributed by atoms with Gasteiger partial charge in [0.25, 0.3) is 0 Å². The van der Waals surface area contributed by atoms with Gasteiger partial charge in [-0.3, -0.25) is 0 Å². The Hall–Kier alpha value is -2.53. The lowest BCUT2D eigenvalue weighted by Crippen LogP contribution is -2.35. The van der Waals surface area contributed by atoms with Gasteiger partial charge < -0.3 is 4.74 Å². The molecule has 0 saturated carbocycles. The molecule has 1 aromatic heterocycles. The Balaban J connectivity index is 2.19. The molecular formula is C15H12ClF2N3O3. The molecule has 0 radical (unpaired) electrons. The van der Waals surface area contributed by atoms with E-state index in [1.54, 1.807) is 0 Å². The second-order valence-corrected chi connectivity index (χ2v) is 5.63. The molecule has 1 atom stereocenters. The Labute approximate surface area is 139 Å². The van der Waals surface area contributed by atoms with Crippen LogP contribution in [0.25, 0.3) is 5.69 Å². The molecule has 0 saturated heterocycles. The van der Waals surface area contributed by atoms with Crippen LogP contribution in [0.3, 0.4) is 0 Å².